The fourth-order valence-electron chi connectivity index (χ4n) is 1.92. The van der Waals surface area contributed by atoms with Crippen LogP contribution in [0.25, 0.3) is 0 Å². The molecule has 0 atom stereocenters. The molecule has 2 N–H and O–H groups in total. The van der Waals surface area contributed by atoms with Gasteiger partial charge in [0.2, 0.25) is 0 Å². The smallest absolute Gasteiger partial charge is 0.104 e. The van der Waals surface area contributed by atoms with Crippen LogP contribution in [0.1, 0.15) is 11.3 Å². The van der Waals surface area contributed by atoms with Crippen molar-refractivity contribution in [3.63, 3.8) is 0 Å². The Morgan fingerprint density at radius 2 is 2.15 bits per heavy atom. The Balaban J connectivity index is 2.06. The van der Waals surface area contributed by atoms with E-state index >= 15 is 0 Å². The molecule has 1 aromatic heterocycles. The highest BCUT2D eigenvalue weighted by Gasteiger charge is 2.08. The molecule has 3 nitrogen and oxygen atoms in total. The standard InChI is InChI=1S/C15H16BrN3S/c1-19(9-7-12-4-2-3-8-18-12)14-6-5-11(15(17)20)10-13(14)16/h2-6,8,10H,7,9H2,1H3,(H2,17,20). The van der Waals surface area contributed by atoms with Crippen LogP contribution in [0.15, 0.2) is 47.1 Å². The summed E-state index contributed by atoms with van der Waals surface area (Å²) in [5.74, 6) is 0. The van der Waals surface area contributed by atoms with Crippen LogP contribution in [0.5, 0.6) is 0 Å². The average molecular weight is 350 g/mol. The lowest BCUT2D eigenvalue weighted by atomic mass is 10.2. The average Bonchev–Trinajstić information content (AvgIpc) is 2.45. The van der Waals surface area contributed by atoms with Crippen LogP contribution >= 0.6 is 28.1 Å². The van der Waals surface area contributed by atoms with Crippen molar-refractivity contribution in [2.24, 2.45) is 5.73 Å². The normalized spacial score (nSPS) is 10.3. The summed E-state index contributed by atoms with van der Waals surface area (Å²) in [6, 6.07) is 11.9. The van der Waals surface area contributed by atoms with E-state index in [9.17, 15) is 0 Å². The summed E-state index contributed by atoms with van der Waals surface area (Å²) in [6.45, 7) is 0.891. The van der Waals surface area contributed by atoms with Gasteiger partial charge in [-0.15, -0.1) is 0 Å². The van der Waals surface area contributed by atoms with Gasteiger partial charge < -0.3 is 10.6 Å². The zero-order chi connectivity index (χ0) is 14.5. The summed E-state index contributed by atoms with van der Waals surface area (Å²) in [4.78, 5) is 6.93. The van der Waals surface area contributed by atoms with Crippen LogP contribution in [-0.2, 0) is 6.42 Å². The summed E-state index contributed by atoms with van der Waals surface area (Å²) < 4.78 is 0.992. The molecule has 0 spiro atoms. The molecule has 1 heterocycles. The van der Waals surface area contributed by atoms with Gasteiger partial charge in [-0.3, -0.25) is 4.98 Å². The van der Waals surface area contributed by atoms with Crippen molar-refractivity contribution in [1.82, 2.24) is 4.98 Å². The number of benzene rings is 1. The molecular formula is C15H16BrN3S. The topological polar surface area (TPSA) is 42.2 Å². The molecule has 0 saturated carbocycles. The van der Waals surface area contributed by atoms with Crippen molar-refractivity contribution in [3.05, 3.63) is 58.3 Å². The zero-order valence-electron chi connectivity index (χ0n) is 11.2. The van der Waals surface area contributed by atoms with E-state index in [1.807, 2.05) is 42.6 Å². The van der Waals surface area contributed by atoms with E-state index in [1.165, 1.54) is 0 Å². The molecule has 0 saturated heterocycles. The molecule has 0 unspecified atom stereocenters. The van der Waals surface area contributed by atoms with Gasteiger partial charge in [-0.25, -0.2) is 0 Å². The lowest BCUT2D eigenvalue weighted by Crippen LogP contribution is -2.21. The Labute approximate surface area is 132 Å². The maximum atomic E-state index is 5.63. The third kappa shape index (κ3) is 3.77. The summed E-state index contributed by atoms with van der Waals surface area (Å²) in [5, 5.41) is 0. The summed E-state index contributed by atoms with van der Waals surface area (Å²) in [5.41, 5.74) is 8.71. The second-order valence-corrected chi connectivity index (χ2v) is 5.82. The molecule has 20 heavy (non-hydrogen) atoms. The van der Waals surface area contributed by atoms with Crippen molar-refractivity contribution in [3.8, 4) is 0 Å². The molecule has 0 aliphatic rings. The molecule has 1 aromatic carbocycles. The highest BCUT2D eigenvalue weighted by molar-refractivity contribution is 9.10. The van der Waals surface area contributed by atoms with Gasteiger partial charge in [0, 0.05) is 41.9 Å². The number of hydrogen-bond donors (Lipinski definition) is 1. The summed E-state index contributed by atoms with van der Waals surface area (Å²) >= 11 is 8.55. The zero-order valence-corrected chi connectivity index (χ0v) is 13.6. The predicted octanol–water partition coefficient (Wildman–Crippen LogP) is 3.16. The predicted molar refractivity (Wildman–Crippen MR) is 91.2 cm³/mol. The van der Waals surface area contributed by atoms with Crippen molar-refractivity contribution in [1.29, 1.82) is 0 Å². The van der Waals surface area contributed by atoms with Gasteiger partial charge in [-0.2, -0.15) is 0 Å². The second-order valence-electron chi connectivity index (χ2n) is 4.52. The summed E-state index contributed by atoms with van der Waals surface area (Å²) in [7, 11) is 2.06. The maximum absolute atomic E-state index is 5.63. The van der Waals surface area contributed by atoms with Gasteiger partial charge in [0.1, 0.15) is 4.99 Å². The number of pyridine rings is 1. The molecule has 0 amide bonds. The Hall–Kier alpha value is -1.46. The van der Waals surface area contributed by atoms with Gasteiger partial charge in [0.15, 0.2) is 0 Å². The molecule has 2 aromatic rings. The van der Waals surface area contributed by atoms with Crippen LogP contribution in [0.3, 0.4) is 0 Å². The molecular weight excluding hydrogens is 334 g/mol. The van der Waals surface area contributed by atoms with Crippen LogP contribution in [-0.4, -0.2) is 23.6 Å². The number of rotatable bonds is 5. The van der Waals surface area contributed by atoms with Crippen molar-refractivity contribution >= 4 is 38.8 Å². The molecule has 0 aliphatic carbocycles. The quantitative estimate of drug-likeness (QED) is 0.842. The molecule has 0 fully saturated rings. The monoisotopic (exact) mass is 349 g/mol. The van der Waals surface area contributed by atoms with Crippen LogP contribution in [0.2, 0.25) is 0 Å². The van der Waals surface area contributed by atoms with Crippen LogP contribution < -0.4 is 10.6 Å². The number of aromatic nitrogens is 1. The lowest BCUT2D eigenvalue weighted by Gasteiger charge is -2.21. The maximum Gasteiger partial charge on any atom is 0.104 e. The van der Waals surface area contributed by atoms with E-state index < -0.39 is 0 Å². The number of hydrogen-bond acceptors (Lipinski definition) is 3. The number of nitrogens with zero attached hydrogens (tertiary/aromatic N) is 2. The summed E-state index contributed by atoms with van der Waals surface area (Å²) in [6.07, 6.45) is 2.73. The van der Waals surface area contributed by atoms with Gasteiger partial charge in [0.25, 0.3) is 0 Å². The fourth-order valence-corrected chi connectivity index (χ4v) is 2.73. The first-order valence-electron chi connectivity index (χ1n) is 6.28. The molecule has 0 aliphatic heterocycles. The highest BCUT2D eigenvalue weighted by Crippen LogP contribution is 2.26. The van der Waals surface area contributed by atoms with E-state index in [1.54, 1.807) is 0 Å². The van der Waals surface area contributed by atoms with Crippen molar-refractivity contribution in [2.45, 2.75) is 6.42 Å². The van der Waals surface area contributed by atoms with E-state index in [0.29, 0.717) is 4.99 Å². The second kappa shape index (κ2) is 6.81. The molecule has 104 valence electrons. The van der Waals surface area contributed by atoms with Crippen LogP contribution in [0, 0.1) is 0 Å². The first kappa shape index (κ1) is 14.9. The molecule has 0 radical (unpaired) electrons. The Morgan fingerprint density at radius 1 is 1.35 bits per heavy atom. The third-order valence-electron chi connectivity index (χ3n) is 3.07. The fraction of sp³-hybridized carbons (Fsp3) is 0.200. The Morgan fingerprint density at radius 3 is 2.75 bits per heavy atom. The Bertz CT molecular complexity index is 601. The van der Waals surface area contributed by atoms with Crippen molar-refractivity contribution < 1.29 is 0 Å². The number of likely N-dealkylation sites (N-methyl/N-ethyl adjacent to an activating group) is 1. The third-order valence-corrected chi connectivity index (χ3v) is 3.94. The SMILES string of the molecule is CN(CCc1ccccn1)c1ccc(C(N)=S)cc1Br. The molecule has 2 rings (SSSR count). The molecule has 0 bridgehead atoms. The minimum atomic E-state index is 0.411. The Kier molecular flexibility index (Phi) is 5.09. The van der Waals surface area contributed by atoms with Crippen LogP contribution in [0.4, 0.5) is 5.69 Å². The number of anilines is 1. The molecule has 5 heteroatoms. The minimum absolute atomic E-state index is 0.411. The first-order chi connectivity index (χ1) is 9.58. The van der Waals surface area contributed by atoms with E-state index in [-0.39, 0.29) is 0 Å². The van der Waals surface area contributed by atoms with Gasteiger partial charge in [-0.1, -0.05) is 18.3 Å². The first-order valence-corrected chi connectivity index (χ1v) is 7.48. The highest BCUT2D eigenvalue weighted by atomic mass is 79.9. The van der Waals surface area contributed by atoms with E-state index in [2.05, 4.69) is 32.9 Å². The van der Waals surface area contributed by atoms with E-state index in [0.717, 1.165) is 34.4 Å². The van der Waals surface area contributed by atoms with Gasteiger partial charge in [-0.05, 0) is 46.3 Å². The number of thiocarbonyl (C=S) groups is 1. The number of halogens is 1. The number of nitrogens with two attached hydrogens (primary N) is 1. The van der Waals surface area contributed by atoms with Crippen molar-refractivity contribution in [2.75, 3.05) is 18.5 Å². The van der Waals surface area contributed by atoms with E-state index in [4.69, 9.17) is 18.0 Å². The largest absolute Gasteiger partial charge is 0.389 e. The van der Waals surface area contributed by atoms with Gasteiger partial charge >= 0.3 is 0 Å². The van der Waals surface area contributed by atoms with Gasteiger partial charge in [0.05, 0.1) is 5.69 Å². The lowest BCUT2D eigenvalue weighted by molar-refractivity contribution is 0.851. The minimum Gasteiger partial charge on any atom is -0.389 e.